The molecule has 0 radical (unpaired) electrons. The summed E-state index contributed by atoms with van der Waals surface area (Å²) in [5, 5.41) is 2.77. The molecule has 0 saturated heterocycles. The van der Waals surface area contributed by atoms with Crippen molar-refractivity contribution in [2.24, 2.45) is 0 Å². The van der Waals surface area contributed by atoms with Crippen LogP contribution in [0.4, 0.5) is 4.39 Å². The van der Waals surface area contributed by atoms with E-state index in [0.717, 1.165) is 5.56 Å². The van der Waals surface area contributed by atoms with E-state index in [4.69, 9.17) is 0 Å². The number of nitrogens with one attached hydrogen (secondary N) is 1. The highest BCUT2D eigenvalue weighted by Gasteiger charge is 2.20. The molecular formula is C13H18FNO. The second kappa shape index (κ2) is 4.64. The van der Waals surface area contributed by atoms with Crippen LogP contribution in [-0.2, 0) is 6.42 Å². The Kier molecular flexibility index (Phi) is 3.68. The molecule has 0 aliphatic carbocycles. The molecule has 0 fully saturated rings. The van der Waals surface area contributed by atoms with Gasteiger partial charge < -0.3 is 5.32 Å². The van der Waals surface area contributed by atoms with E-state index in [1.807, 2.05) is 27.7 Å². The predicted molar refractivity (Wildman–Crippen MR) is 63.0 cm³/mol. The fourth-order valence-corrected chi connectivity index (χ4v) is 1.52. The van der Waals surface area contributed by atoms with Gasteiger partial charge in [-0.25, -0.2) is 4.39 Å². The van der Waals surface area contributed by atoms with E-state index in [1.54, 1.807) is 12.1 Å². The van der Waals surface area contributed by atoms with Crippen LogP contribution in [0.5, 0.6) is 0 Å². The lowest BCUT2D eigenvalue weighted by Gasteiger charge is -2.21. The van der Waals surface area contributed by atoms with Crippen LogP contribution in [0.15, 0.2) is 18.2 Å². The molecule has 0 saturated carbocycles. The molecule has 0 heterocycles. The third kappa shape index (κ3) is 3.05. The minimum Gasteiger partial charge on any atom is -0.347 e. The normalized spacial score (nSPS) is 11.3. The zero-order valence-corrected chi connectivity index (χ0v) is 10.2. The van der Waals surface area contributed by atoms with Crippen LogP contribution in [0.1, 0.15) is 43.6 Å². The van der Waals surface area contributed by atoms with Crippen molar-refractivity contribution in [1.29, 1.82) is 0 Å². The quantitative estimate of drug-likeness (QED) is 0.820. The zero-order chi connectivity index (χ0) is 12.3. The average Bonchev–Trinajstić information content (AvgIpc) is 2.14. The minimum absolute atomic E-state index is 0.167. The van der Waals surface area contributed by atoms with Crippen LogP contribution in [0.3, 0.4) is 0 Å². The van der Waals surface area contributed by atoms with E-state index in [9.17, 15) is 9.18 Å². The van der Waals surface area contributed by atoms with Gasteiger partial charge in [0, 0.05) is 5.54 Å². The van der Waals surface area contributed by atoms with Crippen LogP contribution < -0.4 is 5.32 Å². The highest BCUT2D eigenvalue weighted by Crippen LogP contribution is 2.15. The molecule has 88 valence electrons. The number of rotatable bonds is 2. The SMILES string of the molecule is CCc1cccc(F)c1C(=O)NC(C)(C)C. The van der Waals surface area contributed by atoms with Gasteiger partial charge in [-0.1, -0.05) is 19.1 Å². The molecule has 1 rings (SSSR count). The first-order valence-electron chi connectivity index (χ1n) is 5.45. The molecule has 1 amide bonds. The number of carbonyl (C=O) groups is 1. The predicted octanol–water partition coefficient (Wildman–Crippen LogP) is 2.92. The summed E-state index contributed by atoms with van der Waals surface area (Å²) >= 11 is 0. The molecule has 3 heteroatoms. The summed E-state index contributed by atoms with van der Waals surface area (Å²) in [6, 6.07) is 4.72. The van der Waals surface area contributed by atoms with Crippen LogP contribution >= 0.6 is 0 Å². The number of hydrogen-bond acceptors (Lipinski definition) is 1. The van der Waals surface area contributed by atoms with Crippen LogP contribution in [0, 0.1) is 5.82 Å². The van der Waals surface area contributed by atoms with Gasteiger partial charge in [-0.3, -0.25) is 4.79 Å². The van der Waals surface area contributed by atoms with E-state index >= 15 is 0 Å². The van der Waals surface area contributed by atoms with Crippen LogP contribution in [0.2, 0.25) is 0 Å². The first kappa shape index (κ1) is 12.7. The number of amides is 1. The van der Waals surface area contributed by atoms with Crippen molar-refractivity contribution in [2.45, 2.75) is 39.7 Å². The summed E-state index contributed by atoms with van der Waals surface area (Å²) in [6.45, 7) is 7.52. The molecule has 0 aliphatic rings. The Morgan fingerprint density at radius 1 is 1.38 bits per heavy atom. The van der Waals surface area contributed by atoms with Crippen LogP contribution in [-0.4, -0.2) is 11.4 Å². The lowest BCUT2D eigenvalue weighted by molar-refractivity contribution is 0.0914. The fourth-order valence-electron chi connectivity index (χ4n) is 1.52. The Bertz CT molecular complexity index is 393. The Morgan fingerprint density at radius 2 is 2.00 bits per heavy atom. The molecule has 0 atom stereocenters. The maximum atomic E-state index is 13.6. The highest BCUT2D eigenvalue weighted by molar-refractivity contribution is 5.96. The molecule has 1 N–H and O–H groups in total. The molecule has 0 aromatic heterocycles. The zero-order valence-electron chi connectivity index (χ0n) is 10.2. The Labute approximate surface area is 95.9 Å². The molecule has 0 aliphatic heterocycles. The number of aryl methyl sites for hydroxylation is 1. The Morgan fingerprint density at radius 3 is 2.50 bits per heavy atom. The van der Waals surface area contributed by atoms with Gasteiger partial charge in [0.2, 0.25) is 0 Å². The van der Waals surface area contributed by atoms with Gasteiger partial charge in [0.15, 0.2) is 0 Å². The number of hydrogen-bond donors (Lipinski definition) is 1. The standard InChI is InChI=1S/C13H18FNO/c1-5-9-7-6-8-10(14)11(9)12(16)15-13(2,3)4/h6-8H,5H2,1-4H3,(H,15,16). The van der Waals surface area contributed by atoms with Crippen molar-refractivity contribution >= 4 is 5.91 Å². The maximum absolute atomic E-state index is 13.6. The van der Waals surface area contributed by atoms with Crippen molar-refractivity contribution in [3.05, 3.63) is 35.1 Å². The molecule has 16 heavy (non-hydrogen) atoms. The third-order valence-electron chi connectivity index (χ3n) is 2.20. The average molecular weight is 223 g/mol. The van der Waals surface area contributed by atoms with Gasteiger partial charge in [0.05, 0.1) is 5.56 Å². The van der Waals surface area contributed by atoms with Crippen molar-refractivity contribution < 1.29 is 9.18 Å². The van der Waals surface area contributed by atoms with Crippen LogP contribution in [0.25, 0.3) is 0 Å². The largest absolute Gasteiger partial charge is 0.347 e. The van der Waals surface area contributed by atoms with E-state index in [0.29, 0.717) is 6.42 Å². The Hall–Kier alpha value is -1.38. The molecule has 0 spiro atoms. The number of carbonyl (C=O) groups excluding carboxylic acids is 1. The van der Waals surface area contributed by atoms with Gasteiger partial charge >= 0.3 is 0 Å². The number of benzene rings is 1. The Balaban J connectivity index is 3.08. The summed E-state index contributed by atoms with van der Waals surface area (Å²) in [4.78, 5) is 11.9. The lowest BCUT2D eigenvalue weighted by Crippen LogP contribution is -2.41. The highest BCUT2D eigenvalue weighted by atomic mass is 19.1. The molecule has 0 unspecified atom stereocenters. The molecule has 0 bridgehead atoms. The van der Waals surface area contributed by atoms with Gasteiger partial charge in [0.25, 0.3) is 5.91 Å². The summed E-state index contributed by atoms with van der Waals surface area (Å²) in [5.74, 6) is -0.802. The lowest BCUT2D eigenvalue weighted by atomic mass is 10.0. The van der Waals surface area contributed by atoms with Crippen molar-refractivity contribution in [2.75, 3.05) is 0 Å². The van der Waals surface area contributed by atoms with Gasteiger partial charge in [-0.15, -0.1) is 0 Å². The number of halogens is 1. The third-order valence-corrected chi connectivity index (χ3v) is 2.20. The first-order valence-corrected chi connectivity index (χ1v) is 5.45. The van der Waals surface area contributed by atoms with Gasteiger partial charge in [-0.2, -0.15) is 0 Å². The van der Waals surface area contributed by atoms with Crippen molar-refractivity contribution in [3.63, 3.8) is 0 Å². The topological polar surface area (TPSA) is 29.1 Å². The van der Waals surface area contributed by atoms with Crippen molar-refractivity contribution in [1.82, 2.24) is 5.32 Å². The summed E-state index contributed by atoms with van der Waals surface area (Å²) in [6.07, 6.45) is 0.644. The maximum Gasteiger partial charge on any atom is 0.254 e. The summed E-state index contributed by atoms with van der Waals surface area (Å²) in [5.41, 5.74) is 0.548. The van der Waals surface area contributed by atoms with Gasteiger partial charge in [0.1, 0.15) is 5.82 Å². The molecule has 1 aromatic rings. The molecular weight excluding hydrogens is 205 g/mol. The fraction of sp³-hybridized carbons (Fsp3) is 0.462. The molecule has 1 aromatic carbocycles. The van der Waals surface area contributed by atoms with Crippen molar-refractivity contribution in [3.8, 4) is 0 Å². The second-order valence-corrected chi connectivity index (χ2v) is 4.83. The van der Waals surface area contributed by atoms with E-state index in [-0.39, 0.29) is 17.0 Å². The first-order chi connectivity index (χ1) is 7.35. The van der Waals surface area contributed by atoms with E-state index in [1.165, 1.54) is 6.07 Å². The van der Waals surface area contributed by atoms with Gasteiger partial charge in [-0.05, 0) is 38.8 Å². The summed E-state index contributed by atoms with van der Waals surface area (Å²) < 4.78 is 13.6. The monoisotopic (exact) mass is 223 g/mol. The van der Waals surface area contributed by atoms with E-state index < -0.39 is 5.82 Å². The second-order valence-electron chi connectivity index (χ2n) is 4.83. The smallest absolute Gasteiger partial charge is 0.254 e. The van der Waals surface area contributed by atoms with E-state index in [2.05, 4.69) is 5.32 Å². The minimum atomic E-state index is -0.457. The molecule has 2 nitrogen and oxygen atoms in total. The summed E-state index contributed by atoms with van der Waals surface area (Å²) in [7, 11) is 0.